The van der Waals surface area contributed by atoms with Gasteiger partial charge in [-0.3, -0.25) is 0 Å². The average molecular weight is 210 g/mol. The Balaban J connectivity index is 0.000000202. The molecular weight excluding hydrogens is 200 g/mol. The van der Waals surface area contributed by atoms with Gasteiger partial charge in [0.1, 0.15) is 0 Å². The summed E-state index contributed by atoms with van der Waals surface area (Å²) in [6, 6.07) is 0. The third-order valence-electron chi connectivity index (χ3n) is 0.927. The van der Waals surface area contributed by atoms with E-state index in [0.29, 0.717) is 0 Å². The Bertz CT molecular complexity index is 132. The molecule has 0 atom stereocenters. The lowest BCUT2D eigenvalue weighted by molar-refractivity contribution is -0.159. The highest BCUT2D eigenvalue weighted by Gasteiger charge is 2.04. The first-order valence-corrected chi connectivity index (χ1v) is 5.57. The molecule has 12 heavy (non-hydrogen) atoms. The van der Waals surface area contributed by atoms with Crippen LogP contribution in [0.4, 0.5) is 0 Å². The van der Waals surface area contributed by atoms with Crippen LogP contribution in [0, 0.1) is 0 Å². The zero-order chi connectivity index (χ0) is 9.40. The lowest BCUT2D eigenvalue weighted by atomic mass is 10.6. The van der Waals surface area contributed by atoms with Crippen LogP contribution in [0.15, 0.2) is 0 Å². The van der Waals surface area contributed by atoms with Crippen LogP contribution < -0.4 is 0 Å². The van der Waals surface area contributed by atoms with Crippen LogP contribution in [0.25, 0.3) is 0 Å². The lowest BCUT2D eigenvalue weighted by Gasteiger charge is -2.05. The molecule has 0 unspecified atom stereocenters. The molecule has 0 aromatic carbocycles. The van der Waals surface area contributed by atoms with E-state index in [2.05, 4.69) is 23.5 Å². The van der Waals surface area contributed by atoms with Crippen molar-refractivity contribution >= 4 is 35.5 Å². The Morgan fingerprint density at radius 3 is 1.50 bits per heavy atom. The van der Waals surface area contributed by atoms with Gasteiger partial charge in [0, 0.05) is 5.08 Å². The fraction of sp³-hybridized carbons (Fsp3) is 0.667. The summed E-state index contributed by atoms with van der Waals surface area (Å²) < 4.78 is 0. The molecule has 1 rings (SSSR count). The van der Waals surface area contributed by atoms with E-state index in [1.165, 1.54) is 23.0 Å². The summed E-state index contributed by atoms with van der Waals surface area (Å²) in [7, 11) is 0. The molecule has 0 radical (unpaired) electrons. The Kier molecular flexibility index (Phi) is 7.08. The van der Waals surface area contributed by atoms with Gasteiger partial charge in [-0.1, -0.05) is 0 Å². The maximum atomic E-state index is 9.10. The predicted octanol–water partition coefficient (Wildman–Crippen LogP) is 0.970. The molecule has 0 aromatic rings. The second-order valence-electron chi connectivity index (χ2n) is 1.90. The van der Waals surface area contributed by atoms with Gasteiger partial charge in [0.2, 0.25) is 0 Å². The van der Waals surface area contributed by atoms with E-state index in [1.807, 2.05) is 0 Å². The van der Waals surface area contributed by atoms with Crippen molar-refractivity contribution in [2.45, 2.75) is 6.42 Å². The van der Waals surface area contributed by atoms with Crippen molar-refractivity contribution in [3.8, 4) is 0 Å². The summed E-state index contributed by atoms with van der Waals surface area (Å²) in [5.74, 6) is -0.856. The van der Waals surface area contributed by atoms with Gasteiger partial charge < -0.3 is 10.2 Å². The highest BCUT2D eigenvalue weighted by Crippen LogP contribution is 2.19. The third kappa shape index (κ3) is 7.74. The molecule has 0 spiro atoms. The standard InChI is InChI=1S/C4H8S2.C2H2O4/c1-2-5-4-6-3-1;3-1(4)2(5)6/h1-4H2;(H,3,4)(H,5,6). The number of carboxylic acid groups (broad SMARTS) is 2. The van der Waals surface area contributed by atoms with Crippen LogP contribution in [0.1, 0.15) is 6.42 Å². The quantitative estimate of drug-likeness (QED) is 0.580. The Labute approximate surface area is 78.7 Å². The Hall–Kier alpha value is -0.360. The van der Waals surface area contributed by atoms with E-state index >= 15 is 0 Å². The maximum absolute atomic E-state index is 9.10. The number of hydrogen-bond donors (Lipinski definition) is 2. The van der Waals surface area contributed by atoms with E-state index < -0.39 is 11.9 Å². The largest absolute Gasteiger partial charge is 0.473 e. The smallest absolute Gasteiger partial charge is 0.414 e. The van der Waals surface area contributed by atoms with Gasteiger partial charge in [-0.2, -0.15) is 23.5 Å². The van der Waals surface area contributed by atoms with Gasteiger partial charge in [-0.05, 0) is 17.9 Å². The molecule has 0 aromatic heterocycles. The molecule has 0 aliphatic carbocycles. The number of carbonyl (C=O) groups is 2. The van der Waals surface area contributed by atoms with Gasteiger partial charge in [-0.15, -0.1) is 0 Å². The molecule has 70 valence electrons. The van der Waals surface area contributed by atoms with Gasteiger partial charge in [0.15, 0.2) is 0 Å². The first-order valence-electron chi connectivity index (χ1n) is 3.26. The molecule has 1 heterocycles. The molecule has 1 aliphatic heterocycles. The van der Waals surface area contributed by atoms with E-state index in [4.69, 9.17) is 19.8 Å². The number of thioether (sulfide) groups is 2. The minimum Gasteiger partial charge on any atom is -0.473 e. The minimum absolute atomic E-state index is 1.33. The number of hydrogen-bond acceptors (Lipinski definition) is 4. The van der Waals surface area contributed by atoms with Crippen LogP contribution in [-0.4, -0.2) is 38.7 Å². The minimum atomic E-state index is -1.82. The molecule has 6 heteroatoms. The fourth-order valence-corrected chi connectivity index (χ4v) is 2.73. The molecule has 2 N–H and O–H groups in total. The molecule has 1 saturated heterocycles. The van der Waals surface area contributed by atoms with E-state index in [0.717, 1.165) is 0 Å². The maximum Gasteiger partial charge on any atom is 0.414 e. The van der Waals surface area contributed by atoms with Crippen LogP contribution in [0.3, 0.4) is 0 Å². The number of carboxylic acids is 2. The summed E-state index contributed by atoms with van der Waals surface area (Å²) in [6.45, 7) is 0. The molecule has 4 nitrogen and oxygen atoms in total. The average Bonchev–Trinajstić information content (AvgIpc) is 2.08. The van der Waals surface area contributed by atoms with Gasteiger partial charge >= 0.3 is 11.9 Å². The van der Waals surface area contributed by atoms with E-state index in [1.54, 1.807) is 0 Å². The van der Waals surface area contributed by atoms with Gasteiger partial charge in [0.25, 0.3) is 0 Å². The molecule has 1 fully saturated rings. The third-order valence-corrected chi connectivity index (χ3v) is 3.42. The first-order chi connectivity index (χ1) is 5.64. The first kappa shape index (κ1) is 11.6. The fourth-order valence-electron chi connectivity index (χ4n) is 0.440. The van der Waals surface area contributed by atoms with Crippen molar-refractivity contribution in [1.82, 2.24) is 0 Å². The van der Waals surface area contributed by atoms with Crippen molar-refractivity contribution in [2.75, 3.05) is 16.6 Å². The monoisotopic (exact) mass is 210 g/mol. The number of rotatable bonds is 0. The Morgan fingerprint density at radius 1 is 1.00 bits per heavy atom. The Morgan fingerprint density at radius 2 is 1.42 bits per heavy atom. The van der Waals surface area contributed by atoms with Crippen molar-refractivity contribution < 1.29 is 19.8 Å². The molecular formula is C6H10O4S2. The zero-order valence-corrected chi connectivity index (χ0v) is 7.99. The molecule has 1 aliphatic rings. The molecule has 0 bridgehead atoms. The van der Waals surface area contributed by atoms with Crippen molar-refractivity contribution in [2.24, 2.45) is 0 Å². The molecule has 0 saturated carbocycles. The summed E-state index contributed by atoms with van der Waals surface area (Å²) in [6.07, 6.45) is 1.43. The second kappa shape index (κ2) is 7.30. The highest BCUT2D eigenvalue weighted by molar-refractivity contribution is 8.16. The number of aliphatic carboxylic acids is 2. The van der Waals surface area contributed by atoms with Crippen LogP contribution in [0.5, 0.6) is 0 Å². The van der Waals surface area contributed by atoms with Crippen LogP contribution in [0.2, 0.25) is 0 Å². The molecule has 0 amide bonds. The zero-order valence-electron chi connectivity index (χ0n) is 6.36. The van der Waals surface area contributed by atoms with E-state index in [-0.39, 0.29) is 0 Å². The van der Waals surface area contributed by atoms with Crippen LogP contribution in [-0.2, 0) is 9.59 Å². The van der Waals surface area contributed by atoms with Crippen LogP contribution >= 0.6 is 23.5 Å². The van der Waals surface area contributed by atoms with Gasteiger partial charge in [-0.25, -0.2) is 9.59 Å². The van der Waals surface area contributed by atoms with Crippen molar-refractivity contribution in [3.63, 3.8) is 0 Å². The van der Waals surface area contributed by atoms with E-state index in [9.17, 15) is 0 Å². The van der Waals surface area contributed by atoms with Crippen molar-refractivity contribution in [1.29, 1.82) is 0 Å². The second-order valence-corrected chi connectivity index (χ2v) is 4.47. The lowest BCUT2D eigenvalue weighted by Crippen LogP contribution is -2.09. The predicted molar refractivity (Wildman–Crippen MR) is 49.7 cm³/mol. The SMILES string of the molecule is C1CSCSC1.O=C(O)C(=O)O. The normalized spacial score (nSPS) is 15.7. The van der Waals surface area contributed by atoms with Crippen molar-refractivity contribution in [3.05, 3.63) is 0 Å². The summed E-state index contributed by atoms with van der Waals surface area (Å²) in [4.78, 5) is 18.2. The van der Waals surface area contributed by atoms with Gasteiger partial charge in [0.05, 0.1) is 0 Å². The topological polar surface area (TPSA) is 74.6 Å². The summed E-state index contributed by atoms with van der Waals surface area (Å²) in [5.41, 5.74) is 0. The summed E-state index contributed by atoms with van der Waals surface area (Å²) >= 11 is 4.12. The highest BCUT2D eigenvalue weighted by atomic mass is 32.2. The summed E-state index contributed by atoms with van der Waals surface area (Å²) in [5, 5.41) is 16.1.